The summed E-state index contributed by atoms with van der Waals surface area (Å²) in [7, 11) is 0. The smallest absolute Gasteiger partial charge is 0.258 e. The molecule has 0 aliphatic carbocycles. The van der Waals surface area contributed by atoms with Crippen molar-refractivity contribution < 1.29 is 13.7 Å². The van der Waals surface area contributed by atoms with Gasteiger partial charge in [0, 0.05) is 25.6 Å². The molecule has 0 saturated carbocycles. The molecule has 9 heteroatoms. The molecule has 1 amide bonds. The lowest BCUT2D eigenvalue weighted by Gasteiger charge is -2.53. The number of likely N-dealkylation sites (tertiary alicyclic amines) is 1. The maximum Gasteiger partial charge on any atom is 0.258 e. The third-order valence-electron chi connectivity index (χ3n) is 6.18. The molecule has 1 aromatic carbocycles. The van der Waals surface area contributed by atoms with Gasteiger partial charge < -0.3 is 14.3 Å². The topological polar surface area (TPSA) is 88.3 Å². The molecule has 2 atom stereocenters. The molecule has 0 spiro atoms. The fraction of sp³-hybridized carbons (Fsp3) is 0.409. The van der Waals surface area contributed by atoms with E-state index in [4.69, 9.17) is 4.52 Å². The molecular weight excluding hydrogens is 399 g/mol. The monoisotopic (exact) mass is 422 g/mol. The summed E-state index contributed by atoms with van der Waals surface area (Å²) in [5.74, 6) is 1.41. The molecule has 5 rings (SSSR count). The number of piperidine rings is 1. The molecule has 8 nitrogen and oxygen atoms in total. The van der Waals surface area contributed by atoms with Crippen molar-refractivity contribution >= 4 is 11.9 Å². The van der Waals surface area contributed by atoms with E-state index >= 15 is 0 Å². The van der Waals surface area contributed by atoms with Crippen LogP contribution >= 0.6 is 0 Å². The first kappa shape index (κ1) is 19.6. The predicted octanol–water partition coefficient (Wildman–Crippen LogP) is 2.94. The second kappa shape index (κ2) is 7.40. The first-order valence-electron chi connectivity index (χ1n) is 10.4. The number of aryl methyl sites for hydroxylation is 3. The van der Waals surface area contributed by atoms with Gasteiger partial charge in [0.1, 0.15) is 0 Å². The van der Waals surface area contributed by atoms with Crippen LogP contribution < -0.4 is 4.90 Å². The number of amides is 1. The van der Waals surface area contributed by atoms with E-state index in [0.717, 1.165) is 19.5 Å². The van der Waals surface area contributed by atoms with E-state index in [-0.39, 0.29) is 17.8 Å². The highest BCUT2D eigenvalue weighted by molar-refractivity contribution is 6.00. The number of carbonyl (C=O) groups excluding carboxylic acids is 1. The summed E-state index contributed by atoms with van der Waals surface area (Å²) < 4.78 is 19.2. The Morgan fingerprint density at radius 2 is 1.84 bits per heavy atom. The van der Waals surface area contributed by atoms with E-state index < -0.39 is 0 Å². The van der Waals surface area contributed by atoms with Gasteiger partial charge in [0.15, 0.2) is 11.6 Å². The van der Waals surface area contributed by atoms with Crippen LogP contribution in [-0.4, -0.2) is 56.6 Å². The summed E-state index contributed by atoms with van der Waals surface area (Å²) in [6.07, 6.45) is 0.942. The number of carbonyl (C=O) groups is 1. The third kappa shape index (κ3) is 3.34. The molecule has 0 radical (unpaired) electrons. The Kier molecular flexibility index (Phi) is 4.68. The normalized spacial score (nSPS) is 20.4. The molecule has 4 heterocycles. The van der Waals surface area contributed by atoms with Crippen LogP contribution in [0.15, 0.2) is 28.8 Å². The van der Waals surface area contributed by atoms with Crippen LogP contribution in [0.5, 0.6) is 0 Å². The Balaban J connectivity index is 1.38. The number of anilines is 1. The standard InChI is InChI=1S/C22H23FN6O2/c1-12-19(23)13(2)25-22(24-12)28-9-8-15-10-29(18(15)11-28)21(30)17-7-5-4-6-16(17)20-26-14(3)27-31-20/h4-7,15,18H,8-11H2,1-3H3. The lowest BCUT2D eigenvalue weighted by molar-refractivity contribution is 0.00772. The highest BCUT2D eigenvalue weighted by atomic mass is 19.1. The van der Waals surface area contributed by atoms with E-state index in [1.165, 1.54) is 0 Å². The van der Waals surface area contributed by atoms with E-state index in [1.807, 2.05) is 28.0 Å². The number of benzene rings is 1. The van der Waals surface area contributed by atoms with Crippen molar-refractivity contribution in [1.82, 2.24) is 25.0 Å². The number of rotatable bonds is 3. The predicted molar refractivity (Wildman–Crippen MR) is 111 cm³/mol. The van der Waals surface area contributed by atoms with Crippen molar-refractivity contribution in [3.63, 3.8) is 0 Å². The van der Waals surface area contributed by atoms with Crippen molar-refractivity contribution in [1.29, 1.82) is 0 Å². The maximum absolute atomic E-state index is 13.9. The van der Waals surface area contributed by atoms with Crippen molar-refractivity contribution in [2.45, 2.75) is 33.2 Å². The number of halogens is 1. The third-order valence-corrected chi connectivity index (χ3v) is 6.18. The van der Waals surface area contributed by atoms with E-state index in [9.17, 15) is 9.18 Å². The van der Waals surface area contributed by atoms with Crippen molar-refractivity contribution in [2.24, 2.45) is 5.92 Å². The highest BCUT2D eigenvalue weighted by Gasteiger charge is 2.46. The molecule has 3 aromatic rings. The summed E-state index contributed by atoms with van der Waals surface area (Å²) >= 11 is 0. The number of hydrogen-bond donors (Lipinski definition) is 0. The van der Waals surface area contributed by atoms with Crippen LogP contribution in [0.4, 0.5) is 10.3 Å². The molecule has 2 unspecified atom stereocenters. The summed E-state index contributed by atoms with van der Waals surface area (Å²) in [4.78, 5) is 30.3. The van der Waals surface area contributed by atoms with E-state index in [0.29, 0.717) is 52.6 Å². The zero-order valence-corrected chi connectivity index (χ0v) is 17.7. The Morgan fingerprint density at radius 3 is 2.55 bits per heavy atom. The first-order valence-corrected chi connectivity index (χ1v) is 10.4. The molecule has 0 N–H and O–H groups in total. The first-order chi connectivity index (χ1) is 14.9. The van der Waals surface area contributed by atoms with Gasteiger partial charge in [-0.2, -0.15) is 4.98 Å². The van der Waals surface area contributed by atoms with Gasteiger partial charge >= 0.3 is 0 Å². The number of nitrogens with zero attached hydrogens (tertiary/aromatic N) is 6. The van der Waals surface area contributed by atoms with Crippen LogP contribution in [0.3, 0.4) is 0 Å². The molecule has 160 valence electrons. The van der Waals surface area contributed by atoms with Gasteiger partial charge in [-0.15, -0.1) is 0 Å². The number of hydrogen-bond acceptors (Lipinski definition) is 7. The minimum absolute atomic E-state index is 0.0538. The van der Waals surface area contributed by atoms with Crippen molar-refractivity contribution in [3.8, 4) is 11.5 Å². The number of fused-ring (bicyclic) bond motifs is 1. The largest absolute Gasteiger partial charge is 0.339 e. The second-order valence-electron chi connectivity index (χ2n) is 8.22. The Hall–Kier alpha value is -3.36. The van der Waals surface area contributed by atoms with E-state index in [2.05, 4.69) is 20.1 Å². The molecule has 2 saturated heterocycles. The molecule has 2 aromatic heterocycles. The number of aromatic nitrogens is 4. The zero-order chi connectivity index (χ0) is 21.7. The van der Waals surface area contributed by atoms with Crippen molar-refractivity contribution in [2.75, 3.05) is 24.5 Å². The van der Waals surface area contributed by atoms with Crippen LogP contribution in [-0.2, 0) is 0 Å². The quantitative estimate of drug-likeness (QED) is 0.641. The molecule has 2 fully saturated rings. The van der Waals surface area contributed by atoms with Gasteiger partial charge in [0.25, 0.3) is 11.8 Å². The fourth-order valence-electron chi connectivity index (χ4n) is 4.46. The van der Waals surface area contributed by atoms with Gasteiger partial charge in [0.05, 0.1) is 28.6 Å². The van der Waals surface area contributed by atoms with Crippen LogP contribution in [0.25, 0.3) is 11.5 Å². The van der Waals surface area contributed by atoms with Gasteiger partial charge in [-0.25, -0.2) is 14.4 Å². The average molecular weight is 422 g/mol. The van der Waals surface area contributed by atoms with Crippen LogP contribution in [0.2, 0.25) is 0 Å². The highest BCUT2D eigenvalue weighted by Crippen LogP contribution is 2.36. The second-order valence-corrected chi connectivity index (χ2v) is 8.22. The minimum atomic E-state index is -0.369. The minimum Gasteiger partial charge on any atom is -0.339 e. The van der Waals surface area contributed by atoms with Gasteiger partial charge in [0.2, 0.25) is 5.95 Å². The van der Waals surface area contributed by atoms with Crippen LogP contribution in [0.1, 0.15) is 34.0 Å². The lowest BCUT2D eigenvalue weighted by atomic mass is 9.81. The maximum atomic E-state index is 13.9. The molecule has 2 aliphatic rings. The van der Waals surface area contributed by atoms with Crippen LogP contribution in [0, 0.1) is 32.5 Å². The summed E-state index contributed by atoms with van der Waals surface area (Å²) in [6, 6.07) is 7.36. The van der Waals surface area contributed by atoms with Gasteiger partial charge in [-0.1, -0.05) is 17.3 Å². The van der Waals surface area contributed by atoms with Gasteiger partial charge in [-0.05, 0) is 39.3 Å². The lowest BCUT2D eigenvalue weighted by Crippen LogP contribution is -2.66. The molecular formula is C22H23FN6O2. The summed E-state index contributed by atoms with van der Waals surface area (Å²) in [5.41, 5.74) is 1.87. The van der Waals surface area contributed by atoms with Crippen molar-refractivity contribution in [3.05, 3.63) is 52.9 Å². The molecule has 0 bridgehead atoms. The summed E-state index contributed by atoms with van der Waals surface area (Å²) in [5, 5.41) is 3.84. The van der Waals surface area contributed by atoms with Gasteiger partial charge in [-0.3, -0.25) is 4.79 Å². The molecule has 2 aliphatic heterocycles. The Morgan fingerprint density at radius 1 is 1.10 bits per heavy atom. The SMILES string of the molecule is Cc1noc(-c2ccccc2C(=O)N2CC3CCN(c4nc(C)c(F)c(C)n4)CC32)n1. The van der Waals surface area contributed by atoms with E-state index in [1.54, 1.807) is 26.8 Å². The fourth-order valence-corrected chi connectivity index (χ4v) is 4.46. The average Bonchev–Trinajstić information content (AvgIpc) is 3.18. The summed E-state index contributed by atoms with van der Waals surface area (Å²) in [6.45, 7) is 7.19. The Labute approximate surface area is 179 Å². The Bertz CT molecular complexity index is 1140. The zero-order valence-electron chi connectivity index (χ0n) is 17.7. The molecule has 31 heavy (non-hydrogen) atoms.